The molecule has 2 aliphatic carbocycles. The Bertz CT molecular complexity index is 521. The van der Waals surface area contributed by atoms with Crippen LogP contribution in [0.3, 0.4) is 0 Å². The maximum atomic E-state index is 12.2. The molecule has 0 aliphatic heterocycles. The summed E-state index contributed by atoms with van der Waals surface area (Å²) in [5.74, 6) is 2.22. The topological polar surface area (TPSA) is 34.1 Å². The molecule has 1 aromatic carbocycles. The quantitative estimate of drug-likeness (QED) is 0.734. The van der Waals surface area contributed by atoms with Gasteiger partial charge in [0.05, 0.1) is 0 Å². The predicted octanol–water partition coefficient (Wildman–Crippen LogP) is 4.82. The molecule has 1 aromatic rings. The van der Waals surface area contributed by atoms with Crippen molar-refractivity contribution in [3.63, 3.8) is 0 Å². The zero-order valence-electron chi connectivity index (χ0n) is 13.5. The molecule has 3 heteroatoms. The number of carbonyl (C=O) groups is 2. The van der Waals surface area contributed by atoms with E-state index >= 15 is 0 Å². The second-order valence-electron chi connectivity index (χ2n) is 6.57. The Morgan fingerprint density at radius 1 is 0.955 bits per heavy atom. The van der Waals surface area contributed by atoms with E-state index < -0.39 is 0 Å². The number of hydrogen-bond donors (Lipinski definition) is 0. The van der Waals surface area contributed by atoms with Crippen LogP contribution in [-0.4, -0.2) is 11.6 Å². The van der Waals surface area contributed by atoms with Gasteiger partial charge in [-0.25, -0.2) is 4.39 Å². The highest BCUT2D eigenvalue weighted by Gasteiger charge is 2.39. The number of hydrogen-bond acceptors (Lipinski definition) is 2. The molecule has 0 spiro atoms. The van der Waals surface area contributed by atoms with Gasteiger partial charge in [-0.15, -0.1) is 0 Å². The smallest absolute Gasteiger partial charge is 0.159 e. The average Bonchev–Trinajstić information content (AvgIpc) is 2.92. The molecule has 0 amide bonds. The second-order valence-corrected chi connectivity index (χ2v) is 6.57. The fourth-order valence-electron chi connectivity index (χ4n) is 3.92. The zero-order valence-corrected chi connectivity index (χ0v) is 13.5. The summed E-state index contributed by atoms with van der Waals surface area (Å²) in [6.07, 6.45) is 8.01. The lowest BCUT2D eigenvalue weighted by Gasteiger charge is -2.27. The summed E-state index contributed by atoms with van der Waals surface area (Å²) in [5.41, 5.74) is 0.543. The zero-order chi connectivity index (χ0) is 16.1. The van der Waals surface area contributed by atoms with Gasteiger partial charge in [-0.2, -0.15) is 0 Å². The number of Topliss-reactive ketones (excluding diaryl/α,β-unsaturated/α-hetero) is 2. The van der Waals surface area contributed by atoms with E-state index in [-0.39, 0.29) is 11.6 Å². The van der Waals surface area contributed by atoms with Gasteiger partial charge in [0.2, 0.25) is 0 Å². The maximum absolute atomic E-state index is 12.2. The van der Waals surface area contributed by atoms with Crippen LogP contribution in [0.2, 0.25) is 0 Å². The van der Waals surface area contributed by atoms with Crippen LogP contribution in [0, 0.1) is 23.6 Å². The Morgan fingerprint density at radius 2 is 1.59 bits per heavy atom. The first-order chi connectivity index (χ1) is 10.5. The summed E-state index contributed by atoms with van der Waals surface area (Å²) in [5, 5.41) is 0. The SMILES string of the molecule is CC(=O)[C@H]1CC[C@H]2CCCC[C@H]21.CC(=O)c1ccc(F)cc1. The first-order valence-electron chi connectivity index (χ1n) is 8.26. The maximum Gasteiger partial charge on any atom is 0.159 e. The van der Waals surface area contributed by atoms with E-state index in [0.29, 0.717) is 17.3 Å². The van der Waals surface area contributed by atoms with Crippen LogP contribution >= 0.6 is 0 Å². The van der Waals surface area contributed by atoms with E-state index in [1.807, 2.05) is 0 Å². The summed E-state index contributed by atoms with van der Waals surface area (Å²) in [6.45, 7) is 3.23. The summed E-state index contributed by atoms with van der Waals surface area (Å²) in [4.78, 5) is 21.9. The lowest BCUT2D eigenvalue weighted by atomic mass is 9.77. The number of fused-ring (bicyclic) bond motifs is 1. The van der Waals surface area contributed by atoms with Crippen molar-refractivity contribution < 1.29 is 14.0 Å². The molecule has 2 fully saturated rings. The number of halogens is 1. The van der Waals surface area contributed by atoms with Crippen molar-refractivity contribution in [2.45, 2.75) is 52.4 Å². The molecule has 0 saturated heterocycles. The fraction of sp³-hybridized carbons (Fsp3) is 0.579. The molecule has 0 N–H and O–H groups in total. The number of benzene rings is 1. The minimum absolute atomic E-state index is 0.0417. The fourth-order valence-corrected chi connectivity index (χ4v) is 3.92. The Kier molecular flexibility index (Phi) is 5.87. The van der Waals surface area contributed by atoms with E-state index in [9.17, 15) is 14.0 Å². The molecule has 0 heterocycles. The molecule has 2 aliphatic rings. The van der Waals surface area contributed by atoms with Crippen molar-refractivity contribution in [3.8, 4) is 0 Å². The van der Waals surface area contributed by atoms with Crippen LogP contribution in [0.4, 0.5) is 4.39 Å². The van der Waals surface area contributed by atoms with Gasteiger partial charge >= 0.3 is 0 Å². The standard InChI is InChI=1S/C11H18O.C8H7FO/c1-8(12)10-7-6-9-4-2-3-5-11(9)10;1-6(10)7-2-4-8(9)5-3-7/h9-11H,2-7H2,1H3;2-5H,1H3/t9-,10-,11-;/m1./s1. The van der Waals surface area contributed by atoms with E-state index in [0.717, 1.165) is 11.8 Å². The van der Waals surface area contributed by atoms with Crippen LogP contribution in [0.25, 0.3) is 0 Å². The number of carbonyl (C=O) groups excluding carboxylic acids is 2. The Hall–Kier alpha value is -1.51. The third kappa shape index (κ3) is 4.25. The first kappa shape index (κ1) is 16.9. The monoisotopic (exact) mass is 304 g/mol. The molecular formula is C19H25FO2. The average molecular weight is 304 g/mol. The van der Waals surface area contributed by atoms with Gasteiger partial charge in [0, 0.05) is 11.5 Å². The molecule has 22 heavy (non-hydrogen) atoms. The van der Waals surface area contributed by atoms with E-state index in [1.165, 1.54) is 69.7 Å². The van der Waals surface area contributed by atoms with Gasteiger partial charge in [0.1, 0.15) is 11.6 Å². The number of ketones is 2. The molecule has 2 nitrogen and oxygen atoms in total. The first-order valence-corrected chi connectivity index (χ1v) is 8.26. The van der Waals surface area contributed by atoms with Crippen molar-refractivity contribution in [3.05, 3.63) is 35.6 Å². The molecule has 0 unspecified atom stereocenters. The lowest BCUT2D eigenvalue weighted by molar-refractivity contribution is -0.122. The van der Waals surface area contributed by atoms with Crippen LogP contribution in [0.5, 0.6) is 0 Å². The lowest BCUT2D eigenvalue weighted by Crippen LogP contribution is -2.23. The minimum atomic E-state index is -0.315. The Balaban J connectivity index is 0.000000164. The third-order valence-corrected chi connectivity index (χ3v) is 5.11. The molecule has 3 rings (SSSR count). The predicted molar refractivity (Wildman–Crippen MR) is 85.3 cm³/mol. The third-order valence-electron chi connectivity index (χ3n) is 5.11. The van der Waals surface area contributed by atoms with Crippen molar-refractivity contribution in [1.29, 1.82) is 0 Å². The summed E-state index contributed by atoms with van der Waals surface area (Å²) >= 11 is 0. The molecule has 0 aromatic heterocycles. The van der Waals surface area contributed by atoms with Crippen LogP contribution in [0.1, 0.15) is 62.7 Å². The molecular weight excluding hydrogens is 279 g/mol. The second kappa shape index (κ2) is 7.66. The van der Waals surface area contributed by atoms with Crippen molar-refractivity contribution in [1.82, 2.24) is 0 Å². The molecule has 2 saturated carbocycles. The summed E-state index contributed by atoms with van der Waals surface area (Å²) in [7, 11) is 0. The van der Waals surface area contributed by atoms with Crippen LogP contribution < -0.4 is 0 Å². The highest BCUT2D eigenvalue weighted by molar-refractivity contribution is 5.93. The van der Waals surface area contributed by atoms with Gasteiger partial charge in [0.15, 0.2) is 5.78 Å². The van der Waals surface area contributed by atoms with E-state index in [4.69, 9.17) is 0 Å². The van der Waals surface area contributed by atoms with Gasteiger partial charge in [-0.05, 0) is 69.2 Å². The van der Waals surface area contributed by atoms with E-state index in [1.54, 1.807) is 6.92 Å². The Morgan fingerprint density at radius 3 is 2.18 bits per heavy atom. The summed E-state index contributed by atoms with van der Waals surface area (Å²) in [6, 6.07) is 5.49. The Labute approximate surface area is 132 Å². The van der Waals surface area contributed by atoms with E-state index in [2.05, 4.69) is 0 Å². The number of rotatable bonds is 2. The van der Waals surface area contributed by atoms with Crippen LogP contribution in [0.15, 0.2) is 24.3 Å². The van der Waals surface area contributed by atoms with Gasteiger partial charge in [-0.1, -0.05) is 19.3 Å². The van der Waals surface area contributed by atoms with Gasteiger partial charge in [-0.3, -0.25) is 9.59 Å². The highest BCUT2D eigenvalue weighted by atomic mass is 19.1. The van der Waals surface area contributed by atoms with Gasteiger partial charge in [0.25, 0.3) is 0 Å². The van der Waals surface area contributed by atoms with Crippen molar-refractivity contribution >= 4 is 11.6 Å². The largest absolute Gasteiger partial charge is 0.300 e. The minimum Gasteiger partial charge on any atom is -0.300 e. The highest BCUT2D eigenvalue weighted by Crippen LogP contribution is 2.45. The molecule has 120 valence electrons. The molecule has 3 atom stereocenters. The molecule has 0 radical (unpaired) electrons. The van der Waals surface area contributed by atoms with Crippen molar-refractivity contribution in [2.24, 2.45) is 17.8 Å². The normalized spacial score (nSPS) is 26.6. The van der Waals surface area contributed by atoms with Gasteiger partial charge < -0.3 is 0 Å². The summed E-state index contributed by atoms with van der Waals surface area (Å²) < 4.78 is 12.2. The van der Waals surface area contributed by atoms with Crippen LogP contribution in [-0.2, 0) is 4.79 Å². The molecule has 0 bridgehead atoms. The van der Waals surface area contributed by atoms with Crippen molar-refractivity contribution in [2.75, 3.05) is 0 Å².